The maximum Gasteiger partial charge on any atom is 0.335 e. The molecule has 5 rings (SSSR count). The zero-order chi connectivity index (χ0) is 30.8. The Hall–Kier alpha value is -4.45. The summed E-state index contributed by atoms with van der Waals surface area (Å²) in [6.45, 7) is 6.15. The molecule has 2 fully saturated rings. The van der Waals surface area contributed by atoms with Crippen molar-refractivity contribution in [1.82, 2.24) is 5.32 Å². The van der Waals surface area contributed by atoms with Gasteiger partial charge < -0.3 is 25.2 Å². The van der Waals surface area contributed by atoms with Crippen LogP contribution in [0.2, 0.25) is 0 Å². The van der Waals surface area contributed by atoms with E-state index in [0.717, 1.165) is 5.56 Å². The van der Waals surface area contributed by atoms with E-state index in [1.807, 2.05) is 45.0 Å². The van der Waals surface area contributed by atoms with E-state index in [9.17, 15) is 19.5 Å². The van der Waals surface area contributed by atoms with Gasteiger partial charge in [-0.25, -0.2) is 19.4 Å². The maximum absolute atomic E-state index is 14.1. The molecular weight excluding hydrogens is 554 g/mol. The fraction of sp³-hybridized carbons (Fsp3) is 0.344. The predicted molar refractivity (Wildman–Crippen MR) is 159 cm³/mol. The number of para-hydroxylation sites is 1. The number of carboxylic acid groups (broad SMARTS) is 1. The SMILES string of the molecule is COc1cc(CC(=O)[C@]2(COc3ccc(C(=O)O)cc3)NC[C@H]3[C@H]2OOC3(C)C)ccc1NC(=O)Nc1ccccc1C. The zero-order valence-corrected chi connectivity index (χ0v) is 24.4. The lowest BCUT2D eigenvalue weighted by Gasteiger charge is -2.32. The number of ketones is 1. The second-order valence-electron chi connectivity index (χ2n) is 11.3. The van der Waals surface area contributed by atoms with Gasteiger partial charge in [-0.05, 0) is 74.4 Å². The molecule has 3 atom stereocenters. The van der Waals surface area contributed by atoms with Crippen molar-refractivity contribution in [2.75, 3.05) is 30.9 Å². The Bertz CT molecular complexity index is 1520. The Morgan fingerprint density at radius 2 is 1.74 bits per heavy atom. The molecular formula is C32H35N3O8. The minimum absolute atomic E-state index is 0.0212. The van der Waals surface area contributed by atoms with Crippen LogP contribution < -0.4 is 25.4 Å². The van der Waals surface area contributed by atoms with Gasteiger partial charge in [-0.15, -0.1) is 0 Å². The summed E-state index contributed by atoms with van der Waals surface area (Å²) in [7, 11) is 1.49. The number of carboxylic acids is 1. The topological polar surface area (TPSA) is 144 Å². The molecule has 0 spiro atoms. The summed E-state index contributed by atoms with van der Waals surface area (Å²) < 4.78 is 11.6. The van der Waals surface area contributed by atoms with Crippen LogP contribution in [0.5, 0.6) is 11.5 Å². The van der Waals surface area contributed by atoms with Crippen LogP contribution in [0, 0.1) is 12.8 Å². The summed E-state index contributed by atoms with van der Waals surface area (Å²) in [5.74, 6) is -0.513. The average Bonchev–Trinajstić information content (AvgIpc) is 3.52. The van der Waals surface area contributed by atoms with Crippen molar-refractivity contribution in [2.45, 2.75) is 44.4 Å². The van der Waals surface area contributed by atoms with Gasteiger partial charge in [0.15, 0.2) is 5.78 Å². The molecule has 0 saturated carbocycles. The highest BCUT2D eigenvalue weighted by molar-refractivity contribution is 6.01. The molecule has 2 saturated heterocycles. The molecule has 2 aliphatic heterocycles. The lowest BCUT2D eigenvalue weighted by molar-refractivity contribution is -0.327. The first kappa shape index (κ1) is 30.0. The second-order valence-corrected chi connectivity index (χ2v) is 11.3. The van der Waals surface area contributed by atoms with Gasteiger partial charge in [0.05, 0.1) is 18.4 Å². The summed E-state index contributed by atoms with van der Waals surface area (Å²) >= 11 is 0. The van der Waals surface area contributed by atoms with E-state index >= 15 is 0 Å². The first-order valence-electron chi connectivity index (χ1n) is 13.9. The van der Waals surface area contributed by atoms with Crippen LogP contribution in [0.3, 0.4) is 0 Å². The highest BCUT2D eigenvalue weighted by atomic mass is 17.2. The summed E-state index contributed by atoms with van der Waals surface area (Å²) in [5.41, 5.74) is 1.01. The van der Waals surface area contributed by atoms with Gasteiger partial charge in [0.25, 0.3) is 0 Å². The Morgan fingerprint density at radius 1 is 1.02 bits per heavy atom. The molecule has 226 valence electrons. The van der Waals surface area contributed by atoms with Gasteiger partial charge in [0.1, 0.15) is 35.3 Å². The number of carbonyl (C=O) groups excluding carboxylic acids is 2. The lowest BCUT2D eigenvalue weighted by atomic mass is 9.79. The number of fused-ring (bicyclic) bond motifs is 1. The van der Waals surface area contributed by atoms with Gasteiger partial charge >= 0.3 is 12.0 Å². The van der Waals surface area contributed by atoms with Crippen LogP contribution >= 0.6 is 0 Å². The number of carbonyl (C=O) groups is 3. The van der Waals surface area contributed by atoms with Crippen LogP contribution in [-0.2, 0) is 21.0 Å². The number of hydrogen-bond acceptors (Lipinski definition) is 8. The summed E-state index contributed by atoms with van der Waals surface area (Å²) in [6.07, 6.45) is -0.589. The van der Waals surface area contributed by atoms with E-state index in [2.05, 4.69) is 16.0 Å². The highest BCUT2D eigenvalue weighted by Gasteiger charge is 2.63. The largest absolute Gasteiger partial charge is 0.495 e. The predicted octanol–water partition coefficient (Wildman–Crippen LogP) is 4.60. The van der Waals surface area contributed by atoms with Crippen molar-refractivity contribution >= 4 is 29.2 Å². The average molecular weight is 590 g/mol. The molecule has 2 amide bonds. The first-order chi connectivity index (χ1) is 20.5. The number of benzene rings is 3. The van der Waals surface area contributed by atoms with E-state index in [0.29, 0.717) is 35.0 Å². The minimum Gasteiger partial charge on any atom is -0.495 e. The van der Waals surface area contributed by atoms with Crippen molar-refractivity contribution in [3.8, 4) is 11.5 Å². The van der Waals surface area contributed by atoms with Crippen molar-refractivity contribution in [1.29, 1.82) is 0 Å². The third-order valence-corrected chi connectivity index (χ3v) is 8.09. The van der Waals surface area contributed by atoms with Gasteiger partial charge in [0.2, 0.25) is 0 Å². The number of ether oxygens (including phenoxy) is 2. The number of Topliss-reactive ketones (excluding diaryl/α,β-unsaturated/α-hetero) is 1. The quantitative estimate of drug-likeness (QED) is 0.249. The van der Waals surface area contributed by atoms with Crippen LogP contribution in [0.25, 0.3) is 0 Å². The molecule has 4 N–H and O–H groups in total. The number of amides is 2. The molecule has 43 heavy (non-hydrogen) atoms. The first-order valence-corrected chi connectivity index (χ1v) is 13.9. The van der Waals surface area contributed by atoms with Crippen molar-refractivity contribution in [3.63, 3.8) is 0 Å². The summed E-state index contributed by atoms with van der Waals surface area (Å²) in [5, 5.41) is 18.2. The molecule has 2 aliphatic rings. The second kappa shape index (κ2) is 12.0. The van der Waals surface area contributed by atoms with E-state index in [1.54, 1.807) is 30.3 Å². The molecule has 2 heterocycles. The van der Waals surface area contributed by atoms with Gasteiger partial charge in [-0.1, -0.05) is 24.3 Å². The number of nitrogens with one attached hydrogen (secondary N) is 3. The summed E-state index contributed by atoms with van der Waals surface area (Å²) in [6, 6.07) is 18.2. The maximum atomic E-state index is 14.1. The Balaban J connectivity index is 1.33. The van der Waals surface area contributed by atoms with Crippen LogP contribution in [0.15, 0.2) is 66.7 Å². The van der Waals surface area contributed by atoms with E-state index in [1.165, 1.54) is 19.2 Å². The Kier molecular flexibility index (Phi) is 8.41. The van der Waals surface area contributed by atoms with Crippen molar-refractivity contribution in [3.05, 3.63) is 83.4 Å². The molecule has 0 radical (unpaired) electrons. The minimum atomic E-state index is -1.23. The fourth-order valence-corrected chi connectivity index (χ4v) is 5.48. The summed E-state index contributed by atoms with van der Waals surface area (Å²) in [4.78, 5) is 49.3. The number of aryl methyl sites for hydroxylation is 1. The van der Waals surface area contributed by atoms with Crippen LogP contribution in [0.1, 0.15) is 35.3 Å². The number of urea groups is 1. The van der Waals surface area contributed by atoms with Gasteiger partial charge in [-0.3, -0.25) is 10.1 Å². The van der Waals surface area contributed by atoms with Crippen LogP contribution in [-0.4, -0.2) is 60.4 Å². The van der Waals surface area contributed by atoms with Crippen molar-refractivity contribution < 1.29 is 38.7 Å². The molecule has 3 aromatic rings. The molecule has 0 aliphatic carbocycles. The van der Waals surface area contributed by atoms with E-state index < -0.39 is 29.2 Å². The lowest BCUT2D eigenvalue weighted by Crippen LogP contribution is -2.60. The number of rotatable bonds is 10. The van der Waals surface area contributed by atoms with E-state index in [4.69, 9.17) is 19.2 Å². The monoisotopic (exact) mass is 589 g/mol. The Morgan fingerprint density at radius 3 is 2.44 bits per heavy atom. The third-order valence-electron chi connectivity index (χ3n) is 8.09. The number of hydrogen-bond donors (Lipinski definition) is 4. The molecule has 0 unspecified atom stereocenters. The third kappa shape index (κ3) is 6.19. The fourth-order valence-electron chi connectivity index (χ4n) is 5.48. The molecule has 11 nitrogen and oxygen atoms in total. The van der Waals surface area contributed by atoms with Gasteiger partial charge in [0, 0.05) is 24.6 Å². The van der Waals surface area contributed by atoms with E-state index in [-0.39, 0.29) is 30.3 Å². The van der Waals surface area contributed by atoms with Crippen molar-refractivity contribution in [2.24, 2.45) is 5.92 Å². The molecule has 0 bridgehead atoms. The molecule has 11 heteroatoms. The zero-order valence-electron chi connectivity index (χ0n) is 24.4. The number of aromatic carboxylic acids is 1. The highest BCUT2D eigenvalue weighted by Crippen LogP contribution is 2.44. The number of anilines is 2. The normalized spacial score (nSPS) is 22.0. The Labute approximate surface area is 249 Å². The van der Waals surface area contributed by atoms with Crippen LogP contribution in [0.4, 0.5) is 16.2 Å². The molecule has 0 aromatic heterocycles. The molecule has 3 aromatic carbocycles. The van der Waals surface area contributed by atoms with Gasteiger partial charge in [-0.2, -0.15) is 0 Å². The standard InChI is InChI=1S/C32H35N3O8/c1-19-7-5-6-8-24(19)34-30(39)35-25-14-9-20(15-26(25)40-4)16-27(36)32(28-23(17-33-32)31(2,3)43-42-28)18-41-22-12-10-21(11-13-22)29(37)38/h5-15,23,28,33H,16-18H2,1-4H3,(H,37,38)(H2,34,35,39)/t23-,28+,32-/m0/s1. The number of methoxy groups -OCH3 is 1. The smallest absolute Gasteiger partial charge is 0.335 e.